The molecule has 4 aromatic rings. The van der Waals surface area contributed by atoms with E-state index in [9.17, 15) is 20.2 Å². The molecule has 0 radical (unpaired) electrons. The number of nitrogens with zero attached hydrogens (tertiary/aromatic N) is 12. The van der Waals surface area contributed by atoms with E-state index in [0.29, 0.717) is 0 Å². The van der Waals surface area contributed by atoms with Gasteiger partial charge in [-0.15, -0.1) is 0 Å². The average Bonchev–Trinajstić information content (AvgIpc) is 3.18. The number of benzene rings is 2. The smallest absolute Gasteiger partial charge is 0.258 e. The van der Waals surface area contributed by atoms with Gasteiger partial charge < -0.3 is 0 Å². The number of nitro benzene ring substituents is 2. The number of rotatable bonds is 4. The summed E-state index contributed by atoms with van der Waals surface area (Å²) >= 11 is 0. The summed E-state index contributed by atoms with van der Waals surface area (Å²) in [6.07, 6.45) is 0. The van der Waals surface area contributed by atoms with Crippen LogP contribution in [0.3, 0.4) is 0 Å². The van der Waals surface area contributed by atoms with Crippen LogP contribution in [0.2, 0.25) is 0 Å². The van der Waals surface area contributed by atoms with E-state index in [-0.39, 0.29) is 44.8 Å². The fourth-order valence-corrected chi connectivity index (χ4v) is 2.78. The van der Waals surface area contributed by atoms with Crippen molar-refractivity contribution in [2.75, 3.05) is 0 Å². The van der Waals surface area contributed by atoms with Crippen molar-refractivity contribution < 1.29 is 14.6 Å². The standard InChI is InChI=1S/C12H4N12O4/c13-19-15-7-1-5(22(25)26)3-9-11(7)17-24-18-12-8(16-20-14)2-6(23(27)28)4-10(12)21(9)24/h1-4H. The quantitative estimate of drug-likeness (QED) is 0.129. The number of aromatic nitrogens is 4. The molecule has 2 heterocycles. The van der Waals surface area contributed by atoms with E-state index in [1.165, 1.54) is 4.52 Å². The fourth-order valence-electron chi connectivity index (χ4n) is 2.78. The van der Waals surface area contributed by atoms with Crippen LogP contribution < -0.4 is 9.84 Å². The maximum Gasteiger partial charge on any atom is 0.270 e. The molecule has 16 nitrogen and oxygen atoms in total. The Hall–Kier alpha value is -4.94. The highest BCUT2D eigenvalue weighted by Gasteiger charge is 2.21. The molecule has 0 aliphatic carbocycles. The zero-order valence-corrected chi connectivity index (χ0v) is 13.3. The minimum absolute atomic E-state index is 0.0923. The van der Waals surface area contributed by atoms with Gasteiger partial charge in [0, 0.05) is 34.1 Å². The van der Waals surface area contributed by atoms with E-state index >= 15 is 0 Å². The maximum atomic E-state index is 11.2. The van der Waals surface area contributed by atoms with Gasteiger partial charge in [-0.2, -0.15) is 4.52 Å². The number of azide groups is 2. The van der Waals surface area contributed by atoms with Gasteiger partial charge in [0.2, 0.25) is 0 Å². The lowest BCUT2D eigenvalue weighted by atomic mass is 10.2. The number of hydrogen-bond donors (Lipinski definition) is 0. The largest absolute Gasteiger partial charge is 0.270 e. The van der Waals surface area contributed by atoms with Gasteiger partial charge >= 0.3 is 0 Å². The molecule has 0 saturated carbocycles. The summed E-state index contributed by atoms with van der Waals surface area (Å²) in [5.41, 5.74) is 16.8. The molecule has 0 amide bonds. The summed E-state index contributed by atoms with van der Waals surface area (Å²) in [7, 11) is 0. The Morgan fingerprint density at radius 1 is 1.00 bits per heavy atom. The second-order valence-electron chi connectivity index (χ2n) is 5.34. The van der Waals surface area contributed by atoms with E-state index in [4.69, 9.17) is 11.1 Å². The zero-order chi connectivity index (χ0) is 20.0. The Morgan fingerprint density at radius 2 is 1.57 bits per heavy atom. The first kappa shape index (κ1) is 16.5. The molecular formula is C12H4N12O4. The molecule has 0 N–H and O–H groups in total. The summed E-state index contributed by atoms with van der Waals surface area (Å²) in [5, 5.41) is 37.5. The van der Waals surface area contributed by atoms with Crippen LogP contribution >= 0.6 is 0 Å². The molecule has 2 aromatic carbocycles. The molecule has 2 aromatic heterocycles. The monoisotopic (exact) mass is 380 g/mol. The van der Waals surface area contributed by atoms with E-state index < -0.39 is 9.85 Å². The highest BCUT2D eigenvalue weighted by atomic mass is 16.6. The molecule has 28 heavy (non-hydrogen) atoms. The van der Waals surface area contributed by atoms with Crippen LogP contribution in [-0.2, 0) is 0 Å². The molecule has 16 heteroatoms. The Kier molecular flexibility index (Phi) is 3.42. The van der Waals surface area contributed by atoms with Crippen LogP contribution in [0, 0.1) is 20.2 Å². The van der Waals surface area contributed by atoms with Gasteiger partial charge in [-0.25, -0.2) is 0 Å². The van der Waals surface area contributed by atoms with Gasteiger partial charge in [-0.1, -0.05) is 20.4 Å². The Labute approximate surface area is 150 Å². The van der Waals surface area contributed by atoms with Crippen molar-refractivity contribution in [2.24, 2.45) is 10.2 Å². The van der Waals surface area contributed by atoms with E-state index in [2.05, 4.69) is 30.2 Å². The van der Waals surface area contributed by atoms with E-state index in [1.54, 1.807) is 0 Å². The average molecular weight is 380 g/mol. The molecule has 0 saturated heterocycles. The number of nitro groups is 2. The highest BCUT2D eigenvalue weighted by molar-refractivity contribution is 5.94. The van der Waals surface area contributed by atoms with Crippen LogP contribution in [0.4, 0.5) is 22.7 Å². The minimum atomic E-state index is -0.688. The van der Waals surface area contributed by atoms with Crippen molar-refractivity contribution in [1.29, 1.82) is 0 Å². The molecule has 0 aliphatic heterocycles. The molecule has 0 unspecified atom stereocenters. The Balaban J connectivity index is 2.24. The van der Waals surface area contributed by atoms with Gasteiger partial charge in [-0.05, 0) is 15.8 Å². The second-order valence-corrected chi connectivity index (χ2v) is 5.34. The molecule has 0 bridgehead atoms. The van der Waals surface area contributed by atoms with Gasteiger partial charge in [0.1, 0.15) is 0 Å². The lowest BCUT2D eigenvalue weighted by molar-refractivity contribution is -0.727. The Morgan fingerprint density at radius 3 is 2.18 bits per heavy atom. The predicted octanol–water partition coefficient (Wildman–Crippen LogP) is 2.88. The molecule has 0 atom stereocenters. The zero-order valence-electron chi connectivity index (χ0n) is 13.3. The van der Waals surface area contributed by atoms with Crippen LogP contribution in [0.1, 0.15) is 0 Å². The van der Waals surface area contributed by atoms with Gasteiger partial charge in [0.15, 0.2) is 0 Å². The van der Waals surface area contributed by atoms with Gasteiger partial charge in [0.25, 0.3) is 11.4 Å². The second kappa shape index (κ2) is 5.80. The normalized spacial score (nSPS) is 10.7. The molecule has 0 fully saturated rings. The van der Waals surface area contributed by atoms with Crippen LogP contribution in [0.5, 0.6) is 0 Å². The number of fused-ring (bicyclic) bond motifs is 5. The third-order valence-corrected chi connectivity index (χ3v) is 3.85. The summed E-state index contributed by atoms with van der Waals surface area (Å²) in [4.78, 5) is 26.3. The van der Waals surface area contributed by atoms with Gasteiger partial charge in [-0.3, -0.25) is 20.2 Å². The molecule has 4 rings (SSSR count). The molecule has 0 spiro atoms. The molecular weight excluding hydrogens is 376 g/mol. The summed E-state index contributed by atoms with van der Waals surface area (Å²) in [5.74, 6) is 0. The first-order chi connectivity index (χ1) is 13.4. The first-order valence-corrected chi connectivity index (χ1v) is 7.23. The van der Waals surface area contributed by atoms with Crippen LogP contribution in [-0.4, -0.2) is 19.5 Å². The van der Waals surface area contributed by atoms with Crippen molar-refractivity contribution in [3.05, 3.63) is 65.4 Å². The highest BCUT2D eigenvalue weighted by Crippen LogP contribution is 2.33. The number of hydrogen-bond acceptors (Lipinski definition) is 7. The number of non-ortho nitro benzene ring substituents is 2. The fraction of sp³-hybridized carbons (Fsp3) is 0. The summed E-state index contributed by atoms with van der Waals surface area (Å²) in [6, 6.07) is 4.41. The van der Waals surface area contributed by atoms with Crippen molar-refractivity contribution in [2.45, 2.75) is 0 Å². The minimum Gasteiger partial charge on any atom is -0.258 e. The summed E-state index contributed by atoms with van der Waals surface area (Å²) < 4.78 is 2.26. The van der Waals surface area contributed by atoms with Crippen LogP contribution in [0.15, 0.2) is 34.5 Å². The third-order valence-electron chi connectivity index (χ3n) is 3.85. The maximum absolute atomic E-state index is 11.2. The lowest BCUT2D eigenvalue weighted by Crippen LogP contribution is -2.32. The predicted molar refractivity (Wildman–Crippen MR) is 90.1 cm³/mol. The van der Waals surface area contributed by atoms with Crippen LogP contribution in [0.25, 0.3) is 43.0 Å². The van der Waals surface area contributed by atoms with Crippen molar-refractivity contribution >= 4 is 44.8 Å². The Bertz CT molecular complexity index is 1330. The summed E-state index contributed by atoms with van der Waals surface area (Å²) in [6.45, 7) is 0. The van der Waals surface area contributed by atoms with E-state index in [1.807, 2.05) is 0 Å². The lowest BCUT2D eigenvalue weighted by Gasteiger charge is -1.99. The topological polar surface area (TPSA) is 219 Å². The third kappa shape index (κ3) is 2.27. The van der Waals surface area contributed by atoms with Gasteiger partial charge in [0.05, 0.1) is 43.3 Å². The molecule has 0 aliphatic rings. The first-order valence-electron chi connectivity index (χ1n) is 7.23. The van der Waals surface area contributed by atoms with Crippen molar-refractivity contribution in [3.8, 4) is 0 Å². The van der Waals surface area contributed by atoms with Crippen molar-refractivity contribution in [1.82, 2.24) is 14.7 Å². The van der Waals surface area contributed by atoms with Crippen molar-refractivity contribution in [3.63, 3.8) is 0 Å². The SMILES string of the molecule is [N-]=[N+]=Nc1cc([N+](=O)[O-])cc2c1n[n+]1[n-]c3c(N=[N+]=[N-])cc([N+](=O)[O-])cc3n21. The molecule has 136 valence electrons. The van der Waals surface area contributed by atoms with E-state index in [0.717, 1.165) is 29.0 Å².